The molecule has 0 saturated heterocycles. The van der Waals surface area contributed by atoms with Crippen molar-refractivity contribution in [2.75, 3.05) is 13.1 Å². The number of thiophene rings is 1. The maximum Gasteiger partial charge on any atom is 0.336 e. The Hall–Kier alpha value is -2.29. The van der Waals surface area contributed by atoms with Gasteiger partial charge in [-0.3, -0.25) is 0 Å². The SMILES string of the molecule is CCN(CC)S(=O)(=O)c1ccc2nc(-c3cccs3)cc(C(=O)O)c2c1. The topological polar surface area (TPSA) is 87.6 Å². The van der Waals surface area contributed by atoms with Crippen molar-refractivity contribution in [1.82, 2.24) is 9.29 Å². The smallest absolute Gasteiger partial charge is 0.336 e. The molecule has 0 aliphatic carbocycles. The number of hydrogen-bond donors (Lipinski definition) is 1. The van der Waals surface area contributed by atoms with Crippen molar-refractivity contribution in [3.8, 4) is 10.6 Å². The number of pyridine rings is 1. The summed E-state index contributed by atoms with van der Waals surface area (Å²) in [4.78, 5) is 17.2. The second-order valence-corrected chi connectivity index (χ2v) is 8.49. The third kappa shape index (κ3) is 3.23. The standard InChI is InChI=1S/C18H18N2O4S2/c1-3-20(4-2)26(23,24)12-7-8-15-13(10-12)14(18(21)22)11-16(19-15)17-6-5-9-25-17/h5-11H,3-4H2,1-2H3,(H,21,22). The molecule has 0 radical (unpaired) electrons. The van der Waals surface area contributed by atoms with E-state index in [-0.39, 0.29) is 10.5 Å². The molecule has 0 aliphatic rings. The molecule has 0 spiro atoms. The van der Waals surface area contributed by atoms with Crippen LogP contribution in [-0.4, -0.2) is 41.9 Å². The molecule has 0 atom stereocenters. The maximum absolute atomic E-state index is 12.7. The number of benzene rings is 1. The molecule has 3 aromatic rings. The van der Waals surface area contributed by atoms with E-state index in [1.165, 1.54) is 33.8 Å². The zero-order chi connectivity index (χ0) is 18.9. The highest BCUT2D eigenvalue weighted by molar-refractivity contribution is 7.89. The molecule has 2 heterocycles. The van der Waals surface area contributed by atoms with Crippen LogP contribution in [0.2, 0.25) is 0 Å². The van der Waals surface area contributed by atoms with E-state index in [2.05, 4.69) is 4.98 Å². The predicted molar refractivity (Wildman–Crippen MR) is 102 cm³/mol. The summed E-state index contributed by atoms with van der Waals surface area (Å²) >= 11 is 1.46. The van der Waals surface area contributed by atoms with Crippen LogP contribution in [0.3, 0.4) is 0 Å². The van der Waals surface area contributed by atoms with Crippen LogP contribution in [0.25, 0.3) is 21.5 Å². The van der Waals surface area contributed by atoms with Crippen LogP contribution < -0.4 is 0 Å². The van der Waals surface area contributed by atoms with Crippen LogP contribution in [0.15, 0.2) is 46.7 Å². The van der Waals surface area contributed by atoms with Gasteiger partial charge in [0, 0.05) is 18.5 Å². The number of carboxylic acids is 1. The lowest BCUT2D eigenvalue weighted by Gasteiger charge is -2.18. The summed E-state index contributed by atoms with van der Waals surface area (Å²) in [5.74, 6) is -1.12. The van der Waals surface area contributed by atoms with Crippen LogP contribution in [0.5, 0.6) is 0 Å². The fraction of sp³-hybridized carbons (Fsp3) is 0.222. The monoisotopic (exact) mass is 390 g/mol. The van der Waals surface area contributed by atoms with Gasteiger partial charge in [-0.25, -0.2) is 18.2 Å². The van der Waals surface area contributed by atoms with E-state index in [0.717, 1.165) is 4.88 Å². The summed E-state index contributed by atoms with van der Waals surface area (Å²) in [6.07, 6.45) is 0. The molecule has 3 rings (SSSR count). The molecule has 6 nitrogen and oxygen atoms in total. The van der Waals surface area contributed by atoms with Gasteiger partial charge in [0.1, 0.15) is 0 Å². The van der Waals surface area contributed by atoms with Gasteiger partial charge in [-0.2, -0.15) is 4.31 Å². The Kier molecular flexibility index (Phi) is 5.08. The van der Waals surface area contributed by atoms with E-state index < -0.39 is 16.0 Å². The first-order valence-electron chi connectivity index (χ1n) is 8.10. The molecule has 1 N–H and O–H groups in total. The molecular formula is C18H18N2O4S2. The fourth-order valence-electron chi connectivity index (χ4n) is 2.81. The van der Waals surface area contributed by atoms with Crippen LogP contribution in [0.1, 0.15) is 24.2 Å². The van der Waals surface area contributed by atoms with Gasteiger partial charge >= 0.3 is 5.97 Å². The minimum atomic E-state index is -3.67. The highest BCUT2D eigenvalue weighted by Gasteiger charge is 2.23. The number of carbonyl (C=O) groups is 1. The van der Waals surface area contributed by atoms with Crippen molar-refractivity contribution >= 4 is 38.2 Å². The number of rotatable bonds is 6. The number of aromatic carboxylic acids is 1. The van der Waals surface area contributed by atoms with Crippen LogP contribution >= 0.6 is 11.3 Å². The number of fused-ring (bicyclic) bond motifs is 1. The molecule has 0 saturated carbocycles. The molecule has 1 aromatic carbocycles. The zero-order valence-electron chi connectivity index (χ0n) is 14.3. The number of aromatic nitrogens is 1. The summed E-state index contributed by atoms with van der Waals surface area (Å²) in [6.45, 7) is 4.22. The van der Waals surface area contributed by atoms with Gasteiger partial charge in [0.05, 0.1) is 26.5 Å². The van der Waals surface area contributed by atoms with Crippen molar-refractivity contribution in [3.63, 3.8) is 0 Å². The van der Waals surface area contributed by atoms with Gasteiger partial charge in [-0.05, 0) is 35.7 Å². The Morgan fingerprint density at radius 2 is 1.92 bits per heavy atom. The van der Waals surface area contributed by atoms with E-state index >= 15 is 0 Å². The summed E-state index contributed by atoms with van der Waals surface area (Å²) in [5.41, 5.74) is 1.05. The van der Waals surface area contributed by atoms with Gasteiger partial charge in [0.2, 0.25) is 10.0 Å². The maximum atomic E-state index is 12.7. The van der Waals surface area contributed by atoms with Gasteiger partial charge in [0.25, 0.3) is 0 Å². The average molecular weight is 390 g/mol. The van der Waals surface area contributed by atoms with Crippen molar-refractivity contribution in [2.24, 2.45) is 0 Å². The molecule has 0 unspecified atom stereocenters. The lowest BCUT2D eigenvalue weighted by Crippen LogP contribution is -2.30. The highest BCUT2D eigenvalue weighted by Crippen LogP contribution is 2.30. The first kappa shape index (κ1) is 18.5. The van der Waals surface area contributed by atoms with E-state index in [9.17, 15) is 18.3 Å². The van der Waals surface area contributed by atoms with Crippen LogP contribution in [0.4, 0.5) is 0 Å². The number of sulfonamides is 1. The Labute approximate surface area is 155 Å². The Balaban J connectivity index is 2.23. The predicted octanol–water partition coefficient (Wildman–Crippen LogP) is 3.69. The first-order valence-corrected chi connectivity index (χ1v) is 10.4. The second kappa shape index (κ2) is 7.14. The molecule has 8 heteroatoms. The molecule has 2 aromatic heterocycles. The largest absolute Gasteiger partial charge is 0.478 e. The van der Waals surface area contributed by atoms with E-state index in [0.29, 0.717) is 29.7 Å². The summed E-state index contributed by atoms with van der Waals surface area (Å²) < 4.78 is 26.8. The highest BCUT2D eigenvalue weighted by atomic mass is 32.2. The molecule has 0 aliphatic heterocycles. The molecular weight excluding hydrogens is 372 g/mol. The normalized spacial score (nSPS) is 12.0. The number of hydrogen-bond acceptors (Lipinski definition) is 5. The van der Waals surface area contributed by atoms with Crippen molar-refractivity contribution < 1.29 is 18.3 Å². The molecule has 136 valence electrons. The number of carboxylic acid groups (broad SMARTS) is 1. The third-order valence-electron chi connectivity index (χ3n) is 4.13. The average Bonchev–Trinajstić information content (AvgIpc) is 3.15. The third-order valence-corrected chi connectivity index (χ3v) is 7.07. The van der Waals surface area contributed by atoms with E-state index in [4.69, 9.17) is 0 Å². The minimum absolute atomic E-state index is 0.0370. The van der Waals surface area contributed by atoms with Gasteiger partial charge in [-0.15, -0.1) is 11.3 Å². The van der Waals surface area contributed by atoms with Crippen molar-refractivity contribution in [3.05, 3.63) is 47.3 Å². The Bertz CT molecular complexity index is 1060. The molecule has 0 bridgehead atoms. The van der Waals surface area contributed by atoms with Gasteiger partial charge < -0.3 is 5.11 Å². The first-order chi connectivity index (χ1) is 12.4. The van der Waals surface area contributed by atoms with Gasteiger partial charge in [0.15, 0.2) is 0 Å². The van der Waals surface area contributed by atoms with Crippen LogP contribution in [0, 0.1) is 0 Å². The Morgan fingerprint density at radius 3 is 2.50 bits per heavy atom. The molecule has 0 amide bonds. The van der Waals surface area contributed by atoms with E-state index in [1.54, 1.807) is 19.9 Å². The van der Waals surface area contributed by atoms with Crippen molar-refractivity contribution in [2.45, 2.75) is 18.7 Å². The summed E-state index contributed by atoms with van der Waals surface area (Å²) in [5, 5.41) is 11.8. The zero-order valence-corrected chi connectivity index (χ0v) is 16.0. The summed E-state index contributed by atoms with van der Waals surface area (Å²) in [7, 11) is -3.67. The second-order valence-electron chi connectivity index (χ2n) is 5.61. The Morgan fingerprint density at radius 1 is 1.19 bits per heavy atom. The fourth-order valence-corrected chi connectivity index (χ4v) is 4.98. The quantitative estimate of drug-likeness (QED) is 0.693. The van der Waals surface area contributed by atoms with Crippen molar-refractivity contribution in [1.29, 1.82) is 0 Å². The lowest BCUT2D eigenvalue weighted by atomic mass is 10.1. The molecule has 0 fully saturated rings. The molecule has 26 heavy (non-hydrogen) atoms. The lowest BCUT2D eigenvalue weighted by molar-refractivity contribution is 0.0699. The van der Waals surface area contributed by atoms with E-state index in [1.807, 2.05) is 17.5 Å². The van der Waals surface area contributed by atoms with Crippen LogP contribution in [-0.2, 0) is 10.0 Å². The number of nitrogens with zero attached hydrogens (tertiary/aromatic N) is 2. The van der Waals surface area contributed by atoms with Gasteiger partial charge in [-0.1, -0.05) is 19.9 Å². The summed E-state index contributed by atoms with van der Waals surface area (Å²) in [6, 6.07) is 9.67. The minimum Gasteiger partial charge on any atom is -0.478 e.